The normalized spacial score (nSPS) is 17.1. The summed E-state index contributed by atoms with van der Waals surface area (Å²) in [6, 6.07) is 19.9. The molecule has 4 N–H and O–H groups in total. The third-order valence-corrected chi connectivity index (χ3v) is 5.73. The summed E-state index contributed by atoms with van der Waals surface area (Å²) in [5, 5.41) is 31.2. The number of ether oxygens (including phenoxy) is 1. The molecule has 2 aromatic rings. The van der Waals surface area contributed by atoms with Crippen molar-refractivity contribution in [3.05, 3.63) is 90.0 Å². The maximum absolute atomic E-state index is 9.55. The lowest BCUT2D eigenvalue weighted by Gasteiger charge is -2.27. The van der Waals surface area contributed by atoms with Crippen molar-refractivity contribution in [3.63, 3.8) is 0 Å². The zero-order chi connectivity index (χ0) is 28.6. The van der Waals surface area contributed by atoms with Crippen LogP contribution in [-0.4, -0.2) is 86.4 Å². The van der Waals surface area contributed by atoms with Gasteiger partial charge in [-0.3, -0.25) is 9.80 Å². The summed E-state index contributed by atoms with van der Waals surface area (Å²) in [4.78, 5) is 43.4. The first-order chi connectivity index (χ1) is 18.6. The Morgan fingerprint density at radius 3 is 1.87 bits per heavy atom. The standard InChI is InChI=1S/C20H24N2O.2C4H4O4/c1-2-6-17(7-3-1)14-21-11-10-19(16-21)22-12-13-23-20-9-5-4-8-18(20)15-22;2*5-3(6)1-2-4(7)8/h1-9,19H,10-16H2;2*1-2H,(H,5,6)(H,7,8). The van der Waals surface area contributed by atoms with Gasteiger partial charge in [-0.05, 0) is 18.1 Å². The number of likely N-dealkylation sites (tertiary alicyclic amines) is 1. The van der Waals surface area contributed by atoms with Crippen LogP contribution in [0.2, 0.25) is 0 Å². The van der Waals surface area contributed by atoms with Crippen molar-refractivity contribution in [1.82, 2.24) is 9.80 Å². The Balaban J connectivity index is 0.000000277. The molecule has 0 saturated carbocycles. The summed E-state index contributed by atoms with van der Waals surface area (Å²) in [6.45, 7) is 6.26. The summed E-state index contributed by atoms with van der Waals surface area (Å²) in [6.07, 6.45) is 3.49. The number of aliphatic carboxylic acids is 4. The van der Waals surface area contributed by atoms with Gasteiger partial charge >= 0.3 is 23.9 Å². The van der Waals surface area contributed by atoms with Crippen molar-refractivity contribution in [2.24, 2.45) is 0 Å². The van der Waals surface area contributed by atoms with E-state index in [9.17, 15) is 19.2 Å². The van der Waals surface area contributed by atoms with E-state index in [1.54, 1.807) is 0 Å². The largest absolute Gasteiger partial charge is 0.492 e. The van der Waals surface area contributed by atoms with Crippen LogP contribution in [0, 0.1) is 0 Å². The minimum absolute atomic E-state index is 0.558. The number of benzene rings is 2. The molecule has 0 amide bonds. The van der Waals surface area contributed by atoms with Gasteiger partial charge in [-0.1, -0.05) is 48.5 Å². The van der Waals surface area contributed by atoms with Crippen LogP contribution < -0.4 is 4.74 Å². The average molecular weight is 541 g/mol. The Hall–Kier alpha value is -4.48. The fraction of sp³-hybridized carbons (Fsp3) is 0.286. The highest BCUT2D eigenvalue weighted by molar-refractivity contribution is 5.90. The third kappa shape index (κ3) is 12.5. The summed E-state index contributed by atoms with van der Waals surface area (Å²) >= 11 is 0. The highest BCUT2D eigenvalue weighted by atomic mass is 16.5. The molecule has 208 valence electrons. The molecule has 0 aliphatic carbocycles. The van der Waals surface area contributed by atoms with Crippen molar-refractivity contribution in [1.29, 1.82) is 0 Å². The molecule has 4 rings (SSSR count). The molecule has 1 unspecified atom stereocenters. The molecule has 0 spiro atoms. The molecule has 2 heterocycles. The van der Waals surface area contributed by atoms with Gasteiger partial charge in [0, 0.05) is 68.6 Å². The van der Waals surface area contributed by atoms with E-state index >= 15 is 0 Å². The lowest BCUT2D eigenvalue weighted by molar-refractivity contribution is -0.134. The van der Waals surface area contributed by atoms with E-state index in [4.69, 9.17) is 25.2 Å². The smallest absolute Gasteiger partial charge is 0.328 e. The van der Waals surface area contributed by atoms with Gasteiger partial charge in [0.15, 0.2) is 0 Å². The minimum Gasteiger partial charge on any atom is -0.492 e. The number of rotatable bonds is 7. The number of nitrogens with zero attached hydrogens (tertiary/aromatic N) is 2. The van der Waals surface area contributed by atoms with E-state index < -0.39 is 23.9 Å². The number of para-hydroxylation sites is 1. The number of hydrogen-bond donors (Lipinski definition) is 4. The highest BCUT2D eigenvalue weighted by Gasteiger charge is 2.29. The topological polar surface area (TPSA) is 165 Å². The van der Waals surface area contributed by atoms with E-state index in [0.29, 0.717) is 30.3 Å². The van der Waals surface area contributed by atoms with Gasteiger partial charge in [0.05, 0.1) is 0 Å². The first kappa shape index (κ1) is 30.7. The van der Waals surface area contributed by atoms with Crippen molar-refractivity contribution in [3.8, 4) is 5.75 Å². The van der Waals surface area contributed by atoms with E-state index in [2.05, 4.69) is 64.4 Å². The van der Waals surface area contributed by atoms with Crippen LogP contribution in [0.5, 0.6) is 5.75 Å². The molecular formula is C28H32N2O9. The first-order valence-corrected chi connectivity index (χ1v) is 12.1. The maximum atomic E-state index is 9.55. The molecule has 2 aliphatic rings. The predicted molar refractivity (Wildman–Crippen MR) is 141 cm³/mol. The number of carboxylic acid groups (broad SMARTS) is 4. The van der Waals surface area contributed by atoms with E-state index in [-0.39, 0.29) is 0 Å². The van der Waals surface area contributed by atoms with E-state index in [1.807, 2.05) is 0 Å². The van der Waals surface area contributed by atoms with Crippen molar-refractivity contribution in [2.45, 2.75) is 25.6 Å². The highest BCUT2D eigenvalue weighted by Crippen LogP contribution is 2.26. The SMILES string of the molecule is O=C(O)C=CC(=O)O.O=C(O)C=CC(=O)O.c1ccc(CN2CCC(N3CCOc4ccccc4C3)C2)cc1. The molecule has 2 aliphatic heterocycles. The van der Waals surface area contributed by atoms with Crippen LogP contribution in [0.1, 0.15) is 17.5 Å². The Kier molecular flexibility index (Phi) is 12.9. The number of fused-ring (bicyclic) bond motifs is 1. The summed E-state index contributed by atoms with van der Waals surface area (Å²) < 4.78 is 5.91. The van der Waals surface area contributed by atoms with Crippen LogP contribution in [0.25, 0.3) is 0 Å². The Bertz CT molecular complexity index is 1100. The lowest BCUT2D eigenvalue weighted by Crippen LogP contribution is -2.38. The zero-order valence-corrected chi connectivity index (χ0v) is 21.3. The van der Waals surface area contributed by atoms with Crippen LogP contribution in [0.15, 0.2) is 78.9 Å². The van der Waals surface area contributed by atoms with Gasteiger partial charge in [-0.2, -0.15) is 0 Å². The van der Waals surface area contributed by atoms with Crippen LogP contribution in [-0.2, 0) is 32.3 Å². The van der Waals surface area contributed by atoms with Gasteiger partial charge in [0.1, 0.15) is 12.4 Å². The molecule has 0 aromatic heterocycles. The van der Waals surface area contributed by atoms with E-state index in [0.717, 1.165) is 38.5 Å². The van der Waals surface area contributed by atoms with Gasteiger partial charge in [-0.15, -0.1) is 0 Å². The maximum Gasteiger partial charge on any atom is 0.328 e. The quantitative estimate of drug-likeness (QED) is 0.381. The monoisotopic (exact) mass is 540 g/mol. The summed E-state index contributed by atoms with van der Waals surface area (Å²) in [5.74, 6) is -3.96. The van der Waals surface area contributed by atoms with Crippen molar-refractivity contribution in [2.75, 3.05) is 26.2 Å². The molecule has 39 heavy (non-hydrogen) atoms. The molecule has 11 nitrogen and oxygen atoms in total. The molecule has 1 saturated heterocycles. The molecule has 1 fully saturated rings. The van der Waals surface area contributed by atoms with Gasteiger partial charge in [0.25, 0.3) is 0 Å². The van der Waals surface area contributed by atoms with Crippen LogP contribution >= 0.6 is 0 Å². The summed E-state index contributed by atoms with van der Waals surface area (Å²) in [5.41, 5.74) is 2.74. The minimum atomic E-state index is -1.26. The number of carboxylic acids is 4. The molecular weight excluding hydrogens is 508 g/mol. The molecule has 11 heteroatoms. The second-order valence-electron chi connectivity index (χ2n) is 8.61. The van der Waals surface area contributed by atoms with Gasteiger partial charge in [0.2, 0.25) is 0 Å². The van der Waals surface area contributed by atoms with Gasteiger partial charge < -0.3 is 25.2 Å². The fourth-order valence-electron chi connectivity index (χ4n) is 4.04. The second-order valence-corrected chi connectivity index (χ2v) is 8.61. The molecule has 2 aromatic carbocycles. The van der Waals surface area contributed by atoms with Crippen molar-refractivity contribution >= 4 is 23.9 Å². The Morgan fingerprint density at radius 2 is 1.31 bits per heavy atom. The fourth-order valence-corrected chi connectivity index (χ4v) is 4.04. The third-order valence-electron chi connectivity index (χ3n) is 5.73. The Labute approximate surface area is 225 Å². The van der Waals surface area contributed by atoms with Gasteiger partial charge in [-0.25, -0.2) is 19.2 Å². The van der Waals surface area contributed by atoms with E-state index in [1.165, 1.54) is 24.1 Å². The zero-order valence-electron chi connectivity index (χ0n) is 21.3. The lowest BCUT2D eigenvalue weighted by atomic mass is 10.1. The van der Waals surface area contributed by atoms with Crippen molar-refractivity contribution < 1.29 is 44.3 Å². The second kappa shape index (κ2) is 16.4. The number of hydrogen-bond acceptors (Lipinski definition) is 7. The number of carbonyl (C=O) groups is 4. The van der Waals surface area contributed by atoms with Crippen LogP contribution in [0.4, 0.5) is 0 Å². The predicted octanol–water partition coefficient (Wildman–Crippen LogP) is 2.58. The first-order valence-electron chi connectivity index (χ1n) is 12.1. The Morgan fingerprint density at radius 1 is 0.769 bits per heavy atom. The average Bonchev–Trinajstić information content (AvgIpc) is 3.25. The summed E-state index contributed by atoms with van der Waals surface area (Å²) in [7, 11) is 0. The molecule has 0 bridgehead atoms. The molecule has 1 atom stereocenters. The molecule has 0 radical (unpaired) electrons. The van der Waals surface area contributed by atoms with Crippen LogP contribution in [0.3, 0.4) is 0 Å².